The summed E-state index contributed by atoms with van der Waals surface area (Å²) in [5, 5.41) is 31.4. The molecular formula is C23H36N7O9P. The molecule has 0 bridgehead atoms. The fourth-order valence-corrected chi connectivity index (χ4v) is 6.06. The zero-order chi connectivity index (χ0) is 29.7. The average Bonchev–Trinajstić information content (AvgIpc) is 3.45. The predicted octanol–water partition coefficient (Wildman–Crippen LogP) is -0.465. The number of nitrogens with zero attached hydrogens (tertiary/aromatic N) is 4. The number of fused-ring (bicyclic) bond motifs is 1. The highest BCUT2D eigenvalue weighted by Gasteiger charge is 2.56. The standard InChI is InChI=1S/C23H36N7O9P/c1-6-36-21(33)13(3)28-40(35,29-14(4)22(34)37-7-2)38-10-16-18(31)19(32)23(39-16,11-25-5)17-9-8-15-20(24)26-12-27-30(15)17/h8-9,11-14,16,18-19,31-32H,6-7,10H2,1-5H3,(H2,24,26,27)(H2,28,29,35)/t13-,14-,16+,18+,19+,23-/m0/s1. The summed E-state index contributed by atoms with van der Waals surface area (Å²) in [6, 6.07) is 1.02. The van der Waals surface area contributed by atoms with Gasteiger partial charge in [0.05, 0.1) is 25.5 Å². The molecule has 222 valence electrons. The van der Waals surface area contributed by atoms with E-state index >= 15 is 0 Å². The van der Waals surface area contributed by atoms with E-state index < -0.39 is 62.2 Å². The molecule has 3 heterocycles. The van der Waals surface area contributed by atoms with Crippen LogP contribution in [0.15, 0.2) is 23.5 Å². The fraction of sp³-hybridized carbons (Fsp3) is 0.609. The Balaban J connectivity index is 1.88. The predicted molar refractivity (Wildman–Crippen MR) is 142 cm³/mol. The van der Waals surface area contributed by atoms with Gasteiger partial charge in [-0.2, -0.15) is 5.10 Å². The summed E-state index contributed by atoms with van der Waals surface area (Å²) in [6.45, 7) is 5.69. The van der Waals surface area contributed by atoms with E-state index in [1.807, 2.05) is 0 Å². The molecule has 0 spiro atoms. The summed E-state index contributed by atoms with van der Waals surface area (Å²) in [5.41, 5.74) is 4.97. The molecule has 2 aromatic heterocycles. The molecule has 6 N–H and O–H groups in total. The number of aliphatic hydroxyl groups excluding tert-OH is 2. The number of carbonyl (C=O) groups excluding carboxylic acids is 2. The minimum atomic E-state index is -4.20. The van der Waals surface area contributed by atoms with Gasteiger partial charge in [0.2, 0.25) is 0 Å². The lowest BCUT2D eigenvalue weighted by molar-refractivity contribution is -0.145. The normalized spacial score (nSPS) is 24.8. The summed E-state index contributed by atoms with van der Waals surface area (Å²) in [5.74, 6) is -1.23. The van der Waals surface area contributed by atoms with Gasteiger partial charge < -0.3 is 34.7 Å². The lowest BCUT2D eigenvalue weighted by atomic mass is 9.92. The van der Waals surface area contributed by atoms with Gasteiger partial charge in [-0.25, -0.2) is 19.7 Å². The summed E-state index contributed by atoms with van der Waals surface area (Å²) in [7, 11) is -2.74. The SMILES string of the molecule is CCOC(=O)[C@H](C)NP(=O)(N[C@@H](C)C(=O)OCC)OC[C@H]1O[C@@](C=NC)(c2ccc3c(N)ncnn23)[C@H](O)[C@@H]1O. The van der Waals surface area contributed by atoms with Crippen molar-refractivity contribution >= 4 is 37.2 Å². The number of nitrogens with two attached hydrogens (primary N) is 1. The van der Waals surface area contributed by atoms with Gasteiger partial charge in [0.25, 0.3) is 0 Å². The average molecular weight is 586 g/mol. The van der Waals surface area contributed by atoms with Gasteiger partial charge in [-0.05, 0) is 39.8 Å². The van der Waals surface area contributed by atoms with Crippen LogP contribution in [-0.2, 0) is 38.5 Å². The number of aromatic nitrogens is 3. The van der Waals surface area contributed by atoms with Gasteiger partial charge >= 0.3 is 19.6 Å². The van der Waals surface area contributed by atoms with Gasteiger partial charge in [-0.1, -0.05) is 0 Å². The van der Waals surface area contributed by atoms with Crippen molar-refractivity contribution in [2.24, 2.45) is 4.99 Å². The monoisotopic (exact) mass is 585 g/mol. The fourth-order valence-electron chi connectivity index (χ4n) is 4.24. The van der Waals surface area contributed by atoms with E-state index in [9.17, 15) is 24.4 Å². The molecular weight excluding hydrogens is 549 g/mol. The van der Waals surface area contributed by atoms with Gasteiger partial charge in [0, 0.05) is 13.3 Å². The Morgan fingerprint density at radius 2 is 1.82 bits per heavy atom. The number of esters is 2. The van der Waals surface area contributed by atoms with Gasteiger partial charge in [-0.3, -0.25) is 19.1 Å². The first kappa shape index (κ1) is 31.5. The number of hydrogen-bond donors (Lipinski definition) is 5. The van der Waals surface area contributed by atoms with Crippen LogP contribution in [0.4, 0.5) is 5.82 Å². The molecule has 1 fully saturated rings. The van der Waals surface area contributed by atoms with Crippen molar-refractivity contribution in [3.8, 4) is 0 Å². The summed E-state index contributed by atoms with van der Waals surface area (Å²) >= 11 is 0. The smallest absolute Gasteiger partial charge is 0.342 e. The van der Waals surface area contributed by atoms with Gasteiger partial charge in [-0.15, -0.1) is 0 Å². The van der Waals surface area contributed by atoms with Crippen LogP contribution in [-0.4, -0.2) is 100 Å². The van der Waals surface area contributed by atoms with Crippen molar-refractivity contribution in [1.29, 1.82) is 0 Å². The number of aliphatic hydroxyl groups is 2. The Morgan fingerprint density at radius 3 is 2.38 bits per heavy atom. The number of anilines is 1. The number of nitrogens with one attached hydrogen (secondary N) is 2. The summed E-state index contributed by atoms with van der Waals surface area (Å²) < 4.78 is 36.9. The second kappa shape index (κ2) is 13.1. The molecule has 0 amide bonds. The van der Waals surface area contributed by atoms with Crippen molar-refractivity contribution in [2.75, 3.05) is 32.6 Å². The maximum absolute atomic E-state index is 13.8. The highest BCUT2D eigenvalue weighted by Crippen LogP contribution is 2.44. The maximum atomic E-state index is 13.8. The quantitative estimate of drug-likeness (QED) is 0.114. The Morgan fingerprint density at radius 1 is 1.23 bits per heavy atom. The molecule has 2 aromatic rings. The minimum absolute atomic E-state index is 0.0920. The van der Waals surface area contributed by atoms with E-state index in [4.69, 9.17) is 24.5 Å². The van der Waals surface area contributed by atoms with Crippen molar-refractivity contribution in [3.05, 3.63) is 24.2 Å². The second-order valence-electron chi connectivity index (χ2n) is 8.99. The highest BCUT2D eigenvalue weighted by atomic mass is 31.2. The summed E-state index contributed by atoms with van der Waals surface area (Å²) in [4.78, 5) is 32.4. The first-order chi connectivity index (χ1) is 18.9. The molecule has 0 saturated carbocycles. The third-order valence-corrected chi connectivity index (χ3v) is 8.09. The first-order valence-electron chi connectivity index (χ1n) is 12.6. The Labute approximate surface area is 230 Å². The molecule has 1 saturated heterocycles. The van der Waals surface area contributed by atoms with Crippen LogP contribution in [0, 0.1) is 0 Å². The molecule has 0 radical (unpaired) electrons. The molecule has 16 nitrogen and oxygen atoms in total. The van der Waals surface area contributed by atoms with E-state index in [2.05, 4.69) is 25.2 Å². The van der Waals surface area contributed by atoms with Gasteiger partial charge in [0.15, 0.2) is 11.4 Å². The van der Waals surface area contributed by atoms with Crippen LogP contribution in [0.3, 0.4) is 0 Å². The highest BCUT2D eigenvalue weighted by molar-refractivity contribution is 7.54. The van der Waals surface area contributed by atoms with Crippen molar-refractivity contribution in [2.45, 2.75) is 63.7 Å². The number of carbonyl (C=O) groups is 2. The second-order valence-corrected chi connectivity index (χ2v) is 10.9. The molecule has 0 aliphatic carbocycles. The molecule has 0 aromatic carbocycles. The number of ether oxygens (including phenoxy) is 3. The Bertz CT molecular complexity index is 1240. The molecule has 1 aliphatic heterocycles. The molecule has 3 rings (SSSR count). The first-order valence-corrected chi connectivity index (χ1v) is 14.2. The summed E-state index contributed by atoms with van der Waals surface area (Å²) in [6.07, 6.45) is -1.81. The van der Waals surface area contributed by atoms with Crippen molar-refractivity contribution < 1.29 is 43.1 Å². The third-order valence-electron chi connectivity index (χ3n) is 6.12. The number of rotatable bonds is 13. The number of hydrogen-bond acceptors (Lipinski definition) is 13. The number of nitrogen functional groups attached to an aromatic ring is 1. The molecule has 17 heteroatoms. The lowest BCUT2D eigenvalue weighted by Crippen LogP contribution is -2.43. The lowest BCUT2D eigenvalue weighted by Gasteiger charge is -2.28. The zero-order valence-corrected chi connectivity index (χ0v) is 23.8. The largest absolute Gasteiger partial charge is 0.465 e. The Hall–Kier alpha value is -2.98. The van der Waals surface area contributed by atoms with Crippen LogP contribution < -0.4 is 15.9 Å². The van der Waals surface area contributed by atoms with Crippen molar-refractivity contribution in [1.82, 2.24) is 24.8 Å². The Kier molecular flexibility index (Phi) is 10.3. The minimum Gasteiger partial charge on any atom is -0.465 e. The van der Waals surface area contributed by atoms with Crippen LogP contribution in [0.2, 0.25) is 0 Å². The van der Waals surface area contributed by atoms with Gasteiger partial charge in [0.1, 0.15) is 42.2 Å². The van der Waals surface area contributed by atoms with Crippen LogP contribution >= 0.6 is 7.67 Å². The van der Waals surface area contributed by atoms with Crippen LogP contribution in [0.1, 0.15) is 33.4 Å². The maximum Gasteiger partial charge on any atom is 0.342 e. The van der Waals surface area contributed by atoms with Crippen molar-refractivity contribution in [3.63, 3.8) is 0 Å². The van der Waals surface area contributed by atoms with E-state index in [1.54, 1.807) is 26.0 Å². The van der Waals surface area contributed by atoms with Crippen LogP contribution in [0.25, 0.3) is 5.52 Å². The van der Waals surface area contributed by atoms with E-state index in [-0.39, 0.29) is 19.0 Å². The topological polar surface area (TPSA) is 221 Å². The third kappa shape index (κ3) is 6.49. The molecule has 1 aliphatic rings. The van der Waals surface area contributed by atoms with E-state index in [0.717, 1.165) is 0 Å². The van der Waals surface area contributed by atoms with E-state index in [1.165, 1.54) is 38.0 Å². The molecule has 0 unspecified atom stereocenters. The van der Waals surface area contributed by atoms with Crippen LogP contribution in [0.5, 0.6) is 0 Å². The zero-order valence-electron chi connectivity index (χ0n) is 22.9. The molecule has 6 atom stereocenters. The molecule has 40 heavy (non-hydrogen) atoms. The number of aliphatic imine (C=N–C) groups is 1. The van der Waals surface area contributed by atoms with E-state index in [0.29, 0.717) is 11.2 Å².